The number of hydrogen-bond acceptors (Lipinski definition) is 9. The minimum Gasteiger partial charge on any atom is -0.379 e. The first-order valence-electron chi connectivity index (χ1n) is 25.5. The zero-order valence-electron chi connectivity index (χ0n) is 44.6. The van der Waals surface area contributed by atoms with Crippen molar-refractivity contribution >= 4 is 54.5 Å². The number of nitrogens with zero attached hydrogens (tertiary/aromatic N) is 4. The van der Waals surface area contributed by atoms with Crippen molar-refractivity contribution in [1.82, 2.24) is 35.5 Å². The summed E-state index contributed by atoms with van der Waals surface area (Å²) in [5.74, 6) is -3.21. The summed E-state index contributed by atoms with van der Waals surface area (Å²) in [5.41, 5.74) is 9.79. The molecule has 0 radical (unpaired) electrons. The van der Waals surface area contributed by atoms with Crippen molar-refractivity contribution in [2.24, 2.45) is 23.5 Å². The van der Waals surface area contributed by atoms with Gasteiger partial charge < -0.3 is 46.3 Å². The topological polar surface area (TPSA) is 209 Å². The van der Waals surface area contributed by atoms with Crippen molar-refractivity contribution in [2.75, 3.05) is 40.9 Å². The number of fused-ring (bicyclic) bond motifs is 2. The Hall–Kier alpha value is -5.66. The number of carbonyl (C=O) groups excluding carboxylic acids is 6. The van der Waals surface area contributed by atoms with Crippen LogP contribution in [0.1, 0.15) is 110 Å². The Kier molecular flexibility index (Phi) is 20.1. The molecule has 0 saturated carbocycles. The number of aryl methyl sites for hydroxylation is 2. The molecule has 19 heteroatoms. The number of nitrogens with one attached hydrogen (secondary N) is 4. The van der Waals surface area contributed by atoms with Gasteiger partial charge in [0.2, 0.25) is 35.4 Å². The molecule has 5 rings (SSSR count). The van der Waals surface area contributed by atoms with E-state index in [1.807, 2.05) is 96.2 Å². The fourth-order valence-electron chi connectivity index (χ4n) is 10.2. The van der Waals surface area contributed by atoms with Gasteiger partial charge in [-0.2, -0.15) is 0 Å². The van der Waals surface area contributed by atoms with E-state index in [9.17, 15) is 28.8 Å². The minimum atomic E-state index is -1.41. The summed E-state index contributed by atoms with van der Waals surface area (Å²) >= 11 is 0. The van der Waals surface area contributed by atoms with E-state index in [2.05, 4.69) is 21.3 Å². The molecule has 3 aliphatic rings. The Morgan fingerprint density at radius 1 is 0.972 bits per heavy atom. The second-order valence-corrected chi connectivity index (χ2v) is 20.7. The van der Waals surface area contributed by atoms with E-state index in [0.29, 0.717) is 37.9 Å². The number of amides is 6. The molecule has 394 valence electrons. The van der Waals surface area contributed by atoms with Crippen LogP contribution >= 0.6 is 0 Å². The van der Waals surface area contributed by atoms with Crippen molar-refractivity contribution in [3.05, 3.63) is 76.8 Å². The molecule has 1 saturated heterocycles. The monoisotopic (exact) mass is 1000 g/mol. The molecule has 2 aromatic rings. The SMILES string of the molecule is CCC(C)C(C(CC(=O)N1CCCC1C(OC)C(C)C(=O)NC(Cc1ccccc1)C(=O)NCCNC(=O)CCC1=[N+]2B(F)n3c(C)cc(C)c3C=C2C=C1)OC)N(C)C(=O)C(NC(=O)C(C)(C)N)C(C)C. The summed E-state index contributed by atoms with van der Waals surface area (Å²) in [6.45, 7) is 17.1. The average molecular weight is 1000 g/mol. The second kappa shape index (κ2) is 25.3. The average Bonchev–Trinajstić information content (AvgIpc) is 4.07. The summed E-state index contributed by atoms with van der Waals surface area (Å²) in [7, 11) is 3.29. The van der Waals surface area contributed by atoms with Crippen LogP contribution in [0.25, 0.3) is 6.08 Å². The zero-order chi connectivity index (χ0) is 53.2. The van der Waals surface area contributed by atoms with Crippen LogP contribution < -0.4 is 27.0 Å². The predicted molar refractivity (Wildman–Crippen MR) is 277 cm³/mol. The van der Waals surface area contributed by atoms with Gasteiger partial charge in [-0.15, -0.1) is 0 Å². The molecule has 0 bridgehead atoms. The number of hydrogen-bond donors (Lipinski definition) is 5. The molecule has 72 heavy (non-hydrogen) atoms. The number of allylic oxidation sites excluding steroid dienone is 2. The summed E-state index contributed by atoms with van der Waals surface area (Å²) in [4.78, 5) is 85.8. The highest BCUT2D eigenvalue weighted by atomic mass is 19.1. The van der Waals surface area contributed by atoms with Crippen LogP contribution in [-0.2, 0) is 44.7 Å². The summed E-state index contributed by atoms with van der Waals surface area (Å²) in [6, 6.07) is 8.46. The number of benzene rings is 1. The lowest BCUT2D eigenvalue weighted by Crippen LogP contribution is -2.60. The maximum absolute atomic E-state index is 15.8. The fraction of sp³-hybridized carbons (Fsp3) is 0.604. The van der Waals surface area contributed by atoms with Crippen LogP contribution in [0, 0.1) is 31.6 Å². The molecule has 8 unspecified atom stereocenters. The van der Waals surface area contributed by atoms with Crippen molar-refractivity contribution in [1.29, 1.82) is 0 Å². The van der Waals surface area contributed by atoms with E-state index in [1.54, 1.807) is 46.6 Å². The second-order valence-electron chi connectivity index (χ2n) is 20.7. The van der Waals surface area contributed by atoms with Crippen LogP contribution in [0.3, 0.4) is 0 Å². The van der Waals surface area contributed by atoms with E-state index in [-0.39, 0.29) is 61.9 Å². The van der Waals surface area contributed by atoms with Gasteiger partial charge in [-0.1, -0.05) is 71.4 Å². The van der Waals surface area contributed by atoms with Crippen LogP contribution in [0.15, 0.2) is 54.2 Å². The van der Waals surface area contributed by atoms with E-state index in [1.165, 1.54) is 14.2 Å². The number of likely N-dealkylation sites (tertiary alicyclic amines) is 1. The van der Waals surface area contributed by atoms with Crippen LogP contribution in [0.2, 0.25) is 0 Å². The van der Waals surface area contributed by atoms with Gasteiger partial charge in [0.05, 0.1) is 42.2 Å². The number of methoxy groups -OCH3 is 2. The molecule has 1 fully saturated rings. The maximum atomic E-state index is 15.8. The lowest BCUT2D eigenvalue weighted by molar-refractivity contribution is -0.335. The molecule has 0 aliphatic carbocycles. The molecule has 6 N–H and O–H groups in total. The lowest BCUT2D eigenvalue weighted by atomic mass is 9.89. The lowest BCUT2D eigenvalue weighted by Gasteiger charge is -2.41. The highest BCUT2D eigenvalue weighted by Crippen LogP contribution is 2.31. The van der Waals surface area contributed by atoms with E-state index < -0.39 is 72.8 Å². The quantitative estimate of drug-likeness (QED) is 0.0723. The molecule has 1 aromatic carbocycles. The number of nitrogens with two attached hydrogens (primary N) is 1. The highest BCUT2D eigenvalue weighted by molar-refractivity contribution is 6.43. The first-order chi connectivity index (χ1) is 34.0. The van der Waals surface area contributed by atoms with Gasteiger partial charge in [-0.05, 0) is 69.6 Å². The molecule has 6 amide bonds. The number of rotatable bonds is 25. The minimum absolute atomic E-state index is 0.0482. The predicted octanol–water partition coefficient (Wildman–Crippen LogP) is 3.82. The Morgan fingerprint density at radius 2 is 1.65 bits per heavy atom. The number of likely N-dealkylation sites (N-methyl/N-ethyl adjacent to an activating group) is 1. The molecule has 8 atom stereocenters. The summed E-state index contributed by atoms with van der Waals surface area (Å²) < 4.78 is 31.1. The Balaban J connectivity index is 1.20. The van der Waals surface area contributed by atoms with Crippen LogP contribution in [0.5, 0.6) is 0 Å². The molecule has 1 aromatic heterocycles. The summed E-state index contributed by atoms with van der Waals surface area (Å²) in [5, 5.41) is 11.5. The third kappa shape index (κ3) is 13.7. The van der Waals surface area contributed by atoms with E-state index >= 15 is 4.32 Å². The number of aromatic nitrogens is 1. The van der Waals surface area contributed by atoms with Gasteiger partial charge in [0, 0.05) is 89.8 Å². The van der Waals surface area contributed by atoms with Crippen molar-refractivity contribution in [3.63, 3.8) is 0 Å². The molecule has 17 nitrogen and oxygen atoms in total. The molecule has 4 heterocycles. The van der Waals surface area contributed by atoms with E-state index in [4.69, 9.17) is 15.2 Å². The van der Waals surface area contributed by atoms with E-state index in [0.717, 1.165) is 28.2 Å². The molecule has 0 spiro atoms. The van der Waals surface area contributed by atoms with Gasteiger partial charge in [0.1, 0.15) is 12.1 Å². The standard InChI is InChI=1S/C53H79BFN9O8/c1-13-33(4)47(61(10)51(69)46(32(2)3)60-52(70)53(8,9)56)43(71-11)31-45(66)62-27-17-20-41(62)48(72-12)36(7)49(67)59-40(29-37-18-15-14-16-19-37)50(68)58-26-25-57-44(65)24-23-38-21-22-39-30-42-34(5)28-35(6)63(42)54(55)64(38)39/h14-16,18-19,21-22,28,30,32-33,36,40-41,43,46-48H,13,17,20,23-27,29,31,56H2,1-12H3,(H3-,57,58,59,60,65,67,68,70)/p+1. The largest absolute Gasteiger partial charge is 0.846 e. The number of ether oxygens (including phenoxy) is 2. The molecular weight excluding hydrogens is 920 g/mol. The number of halogens is 1. The van der Waals surface area contributed by atoms with Crippen LogP contribution in [0.4, 0.5) is 4.32 Å². The van der Waals surface area contributed by atoms with Crippen molar-refractivity contribution < 1.29 is 47.0 Å². The van der Waals surface area contributed by atoms with Crippen molar-refractivity contribution in [2.45, 2.75) is 149 Å². The zero-order valence-corrected chi connectivity index (χ0v) is 44.6. The number of carbonyl (C=O) groups is 6. The van der Waals surface area contributed by atoms with Gasteiger partial charge in [-0.25, -0.2) is 8.80 Å². The first-order valence-corrected chi connectivity index (χ1v) is 25.5. The van der Waals surface area contributed by atoms with Gasteiger partial charge in [0.25, 0.3) is 0 Å². The molecular formula is C53H80BFN9O8+. The Labute approximate surface area is 426 Å². The smallest absolute Gasteiger partial charge is 0.379 e. The third-order valence-corrected chi connectivity index (χ3v) is 14.5. The van der Waals surface area contributed by atoms with Gasteiger partial charge in [0.15, 0.2) is 11.4 Å². The van der Waals surface area contributed by atoms with Gasteiger partial charge in [-0.3, -0.25) is 33.2 Å². The normalized spacial score (nSPS) is 18.3. The van der Waals surface area contributed by atoms with Crippen molar-refractivity contribution in [3.8, 4) is 0 Å². The van der Waals surface area contributed by atoms with Gasteiger partial charge >= 0.3 is 7.26 Å². The molecule has 3 aliphatic heterocycles. The summed E-state index contributed by atoms with van der Waals surface area (Å²) in [6.07, 6.45) is 6.77. The first kappa shape index (κ1) is 57.2. The maximum Gasteiger partial charge on any atom is 0.846 e. The Bertz CT molecular complexity index is 2360. The fourth-order valence-corrected chi connectivity index (χ4v) is 10.2. The third-order valence-electron chi connectivity index (χ3n) is 14.5. The van der Waals surface area contributed by atoms with Crippen LogP contribution in [-0.4, -0.2) is 150 Å². The highest BCUT2D eigenvalue weighted by Gasteiger charge is 2.48. The Morgan fingerprint density at radius 3 is 2.28 bits per heavy atom.